The minimum absolute atomic E-state index is 0.152. The summed E-state index contributed by atoms with van der Waals surface area (Å²) in [6, 6.07) is 16.1. The fourth-order valence-corrected chi connectivity index (χ4v) is 2.27. The van der Waals surface area contributed by atoms with Crippen molar-refractivity contribution < 1.29 is 9.59 Å². The van der Waals surface area contributed by atoms with E-state index in [1.54, 1.807) is 36.4 Å². The Morgan fingerprint density at radius 3 is 2.52 bits per heavy atom. The van der Waals surface area contributed by atoms with Crippen LogP contribution in [0.2, 0.25) is 0 Å². The molecule has 6 heteroatoms. The maximum atomic E-state index is 12.1. The lowest BCUT2D eigenvalue weighted by atomic mass is 10.2. The molecular formula is C17H14BrN3O2. The lowest BCUT2D eigenvalue weighted by Crippen LogP contribution is -2.21. The molecule has 0 aromatic heterocycles. The van der Waals surface area contributed by atoms with E-state index in [0.29, 0.717) is 17.8 Å². The highest BCUT2D eigenvalue weighted by atomic mass is 79.9. The minimum Gasteiger partial charge on any atom is -0.351 e. The van der Waals surface area contributed by atoms with Crippen molar-refractivity contribution in [1.82, 2.24) is 5.32 Å². The van der Waals surface area contributed by atoms with Gasteiger partial charge in [0.1, 0.15) is 6.42 Å². The van der Waals surface area contributed by atoms with E-state index in [0.717, 1.165) is 10.0 Å². The van der Waals surface area contributed by atoms with Gasteiger partial charge >= 0.3 is 0 Å². The molecule has 0 heterocycles. The number of nitriles is 1. The Kier molecular flexibility index (Phi) is 5.89. The lowest BCUT2D eigenvalue weighted by molar-refractivity contribution is -0.120. The molecule has 0 aliphatic carbocycles. The predicted octanol–water partition coefficient (Wildman–Crippen LogP) is 3.23. The second-order valence-electron chi connectivity index (χ2n) is 4.77. The van der Waals surface area contributed by atoms with Crippen molar-refractivity contribution in [1.29, 1.82) is 5.26 Å². The SMILES string of the molecule is N#CCC(=O)NCc1ccc(NC(=O)c2cccc(Br)c2)cc1. The van der Waals surface area contributed by atoms with Gasteiger partial charge in [-0.25, -0.2) is 0 Å². The number of benzene rings is 2. The van der Waals surface area contributed by atoms with Gasteiger partial charge in [-0.15, -0.1) is 0 Å². The van der Waals surface area contributed by atoms with Crippen LogP contribution >= 0.6 is 15.9 Å². The number of nitrogens with one attached hydrogen (secondary N) is 2. The summed E-state index contributed by atoms with van der Waals surface area (Å²) in [6.45, 7) is 0.348. The van der Waals surface area contributed by atoms with Gasteiger partial charge in [-0.05, 0) is 35.9 Å². The third-order valence-electron chi connectivity index (χ3n) is 3.03. The van der Waals surface area contributed by atoms with Crippen LogP contribution in [0.3, 0.4) is 0 Å². The first-order chi connectivity index (χ1) is 11.1. The predicted molar refractivity (Wildman–Crippen MR) is 90.6 cm³/mol. The topological polar surface area (TPSA) is 82.0 Å². The Balaban J connectivity index is 1.93. The molecule has 2 rings (SSSR count). The van der Waals surface area contributed by atoms with Gasteiger partial charge in [-0.1, -0.05) is 34.1 Å². The average Bonchev–Trinajstić information content (AvgIpc) is 2.54. The van der Waals surface area contributed by atoms with Gasteiger partial charge < -0.3 is 10.6 Å². The van der Waals surface area contributed by atoms with Gasteiger partial charge in [-0.3, -0.25) is 9.59 Å². The summed E-state index contributed by atoms with van der Waals surface area (Å²) in [5, 5.41) is 13.9. The Bertz CT molecular complexity index is 751. The maximum Gasteiger partial charge on any atom is 0.255 e. The third-order valence-corrected chi connectivity index (χ3v) is 3.52. The molecule has 0 radical (unpaired) electrons. The van der Waals surface area contributed by atoms with E-state index in [-0.39, 0.29) is 18.2 Å². The van der Waals surface area contributed by atoms with Crippen molar-refractivity contribution in [2.45, 2.75) is 13.0 Å². The molecular weight excluding hydrogens is 358 g/mol. The number of carbonyl (C=O) groups excluding carboxylic acids is 2. The fourth-order valence-electron chi connectivity index (χ4n) is 1.87. The lowest BCUT2D eigenvalue weighted by Gasteiger charge is -2.07. The zero-order valence-corrected chi connectivity index (χ0v) is 13.8. The first-order valence-corrected chi connectivity index (χ1v) is 7.67. The highest BCUT2D eigenvalue weighted by Gasteiger charge is 2.06. The molecule has 116 valence electrons. The van der Waals surface area contributed by atoms with E-state index in [9.17, 15) is 9.59 Å². The Hall–Kier alpha value is -2.65. The van der Waals surface area contributed by atoms with Crippen molar-refractivity contribution >= 4 is 33.4 Å². The minimum atomic E-state index is -0.306. The molecule has 0 unspecified atom stereocenters. The molecule has 2 aromatic rings. The molecule has 23 heavy (non-hydrogen) atoms. The molecule has 2 amide bonds. The second-order valence-corrected chi connectivity index (χ2v) is 5.69. The van der Waals surface area contributed by atoms with E-state index >= 15 is 0 Å². The van der Waals surface area contributed by atoms with Gasteiger partial charge in [-0.2, -0.15) is 5.26 Å². The van der Waals surface area contributed by atoms with Crippen molar-refractivity contribution in [2.75, 3.05) is 5.32 Å². The highest BCUT2D eigenvalue weighted by Crippen LogP contribution is 2.15. The Labute approximate surface area is 142 Å². The van der Waals surface area contributed by atoms with Gasteiger partial charge in [0, 0.05) is 22.3 Å². The molecule has 0 bridgehead atoms. The zero-order valence-electron chi connectivity index (χ0n) is 12.2. The Morgan fingerprint density at radius 1 is 1.13 bits per heavy atom. The van der Waals surface area contributed by atoms with Crippen LogP contribution < -0.4 is 10.6 Å². The molecule has 0 fully saturated rings. The fraction of sp³-hybridized carbons (Fsp3) is 0.118. The average molecular weight is 372 g/mol. The standard InChI is InChI=1S/C17H14BrN3O2/c18-14-3-1-2-13(10-14)17(23)21-15-6-4-12(5-7-15)11-20-16(22)8-9-19/h1-7,10H,8,11H2,(H,20,22)(H,21,23). The summed E-state index contributed by atoms with van der Waals surface area (Å²) in [7, 11) is 0. The van der Waals surface area contributed by atoms with Crippen molar-refractivity contribution in [3.63, 3.8) is 0 Å². The summed E-state index contributed by atoms with van der Waals surface area (Å²) in [5.74, 6) is -0.499. The second kappa shape index (κ2) is 8.11. The zero-order chi connectivity index (χ0) is 16.7. The van der Waals surface area contributed by atoms with E-state index in [1.807, 2.05) is 18.2 Å². The molecule has 5 nitrogen and oxygen atoms in total. The third kappa shape index (κ3) is 5.24. The van der Waals surface area contributed by atoms with Crippen LogP contribution in [0.25, 0.3) is 0 Å². The van der Waals surface area contributed by atoms with E-state index in [4.69, 9.17) is 5.26 Å². The molecule has 0 atom stereocenters. The van der Waals surface area contributed by atoms with Crippen LogP contribution in [0.1, 0.15) is 22.3 Å². The molecule has 0 aliphatic rings. The highest BCUT2D eigenvalue weighted by molar-refractivity contribution is 9.10. The number of anilines is 1. The van der Waals surface area contributed by atoms with Crippen LogP contribution in [0.15, 0.2) is 53.0 Å². The molecule has 0 aliphatic heterocycles. The first-order valence-electron chi connectivity index (χ1n) is 6.88. The van der Waals surface area contributed by atoms with Gasteiger partial charge in [0.2, 0.25) is 5.91 Å². The molecule has 0 spiro atoms. The Morgan fingerprint density at radius 2 is 1.87 bits per heavy atom. The van der Waals surface area contributed by atoms with E-state index in [1.165, 1.54) is 0 Å². The summed E-state index contributed by atoms with van der Waals surface area (Å²) in [5.41, 5.74) is 2.12. The maximum absolute atomic E-state index is 12.1. The monoisotopic (exact) mass is 371 g/mol. The van der Waals surface area contributed by atoms with Crippen LogP contribution in [-0.4, -0.2) is 11.8 Å². The summed E-state index contributed by atoms with van der Waals surface area (Å²) in [6.07, 6.45) is -0.152. The smallest absolute Gasteiger partial charge is 0.255 e. The van der Waals surface area contributed by atoms with Gasteiger partial charge in [0.05, 0.1) is 6.07 Å². The largest absolute Gasteiger partial charge is 0.351 e. The van der Waals surface area contributed by atoms with Crippen LogP contribution in [0, 0.1) is 11.3 Å². The molecule has 2 N–H and O–H groups in total. The normalized spacial score (nSPS) is 9.74. The number of nitrogens with zero attached hydrogens (tertiary/aromatic N) is 1. The summed E-state index contributed by atoms with van der Waals surface area (Å²) < 4.78 is 0.841. The quantitative estimate of drug-likeness (QED) is 0.846. The summed E-state index contributed by atoms with van der Waals surface area (Å²) in [4.78, 5) is 23.3. The number of hydrogen-bond acceptors (Lipinski definition) is 3. The molecule has 2 aromatic carbocycles. The van der Waals surface area contributed by atoms with Crippen LogP contribution in [0.4, 0.5) is 5.69 Å². The first kappa shape index (κ1) is 16.7. The van der Waals surface area contributed by atoms with E-state index in [2.05, 4.69) is 26.6 Å². The number of rotatable bonds is 5. The van der Waals surface area contributed by atoms with Crippen molar-refractivity contribution in [2.24, 2.45) is 0 Å². The molecule has 0 saturated heterocycles. The number of hydrogen-bond donors (Lipinski definition) is 2. The number of carbonyl (C=O) groups is 2. The number of amides is 2. The van der Waals surface area contributed by atoms with Crippen molar-refractivity contribution in [3.05, 3.63) is 64.1 Å². The van der Waals surface area contributed by atoms with E-state index < -0.39 is 0 Å². The number of halogens is 1. The molecule has 0 saturated carbocycles. The summed E-state index contributed by atoms with van der Waals surface area (Å²) >= 11 is 3.33. The van der Waals surface area contributed by atoms with Crippen LogP contribution in [0.5, 0.6) is 0 Å². The van der Waals surface area contributed by atoms with Crippen molar-refractivity contribution in [3.8, 4) is 6.07 Å². The van der Waals surface area contributed by atoms with Gasteiger partial charge in [0.15, 0.2) is 0 Å². The van der Waals surface area contributed by atoms with Crippen LogP contribution in [-0.2, 0) is 11.3 Å². The van der Waals surface area contributed by atoms with Gasteiger partial charge in [0.25, 0.3) is 5.91 Å².